The maximum absolute atomic E-state index is 12.9. The highest BCUT2D eigenvalue weighted by Crippen LogP contribution is 2.34. The van der Waals surface area contributed by atoms with Crippen LogP contribution in [0.2, 0.25) is 0 Å². The molecule has 0 radical (unpaired) electrons. The van der Waals surface area contributed by atoms with E-state index < -0.39 is 11.6 Å². The van der Waals surface area contributed by atoms with Crippen molar-refractivity contribution in [1.82, 2.24) is 10.2 Å². The molecule has 0 aliphatic carbocycles. The molecule has 2 aliphatic heterocycles. The molecule has 0 spiro atoms. The molecule has 1 N–H and O–H groups in total. The molecular weight excluding hydrogens is 388 g/mol. The largest absolute Gasteiger partial charge is 0.494 e. The van der Waals surface area contributed by atoms with E-state index in [1.807, 2.05) is 37.3 Å². The Hall–Kier alpha value is -3.42. The molecule has 0 bridgehead atoms. The van der Waals surface area contributed by atoms with Crippen LogP contribution in [0.1, 0.15) is 19.4 Å². The smallest absolute Gasteiger partial charge is 0.325 e. The Kier molecular flexibility index (Phi) is 5.39. The quantitative estimate of drug-likeness (QED) is 0.671. The van der Waals surface area contributed by atoms with Crippen molar-refractivity contribution in [3.63, 3.8) is 0 Å². The summed E-state index contributed by atoms with van der Waals surface area (Å²) in [5, 5.41) is 2.81. The van der Waals surface area contributed by atoms with E-state index in [4.69, 9.17) is 18.9 Å². The van der Waals surface area contributed by atoms with Crippen molar-refractivity contribution in [2.75, 3.05) is 26.6 Å². The van der Waals surface area contributed by atoms with E-state index in [1.54, 1.807) is 19.1 Å². The number of hydrogen-bond acceptors (Lipinski definition) is 6. The van der Waals surface area contributed by atoms with Crippen molar-refractivity contribution in [3.05, 3.63) is 48.0 Å². The van der Waals surface area contributed by atoms with Gasteiger partial charge in [0.25, 0.3) is 5.91 Å². The van der Waals surface area contributed by atoms with Crippen LogP contribution >= 0.6 is 0 Å². The summed E-state index contributed by atoms with van der Waals surface area (Å²) in [4.78, 5) is 26.6. The van der Waals surface area contributed by atoms with E-state index in [9.17, 15) is 9.59 Å². The minimum atomic E-state index is -1.02. The first kappa shape index (κ1) is 19.9. The molecule has 3 amide bonds. The summed E-state index contributed by atoms with van der Waals surface area (Å²) in [6, 6.07) is 12.3. The molecule has 2 aromatic rings. The van der Waals surface area contributed by atoms with Crippen LogP contribution in [0, 0.1) is 0 Å². The maximum atomic E-state index is 12.9. The predicted molar refractivity (Wildman–Crippen MR) is 108 cm³/mol. The van der Waals surface area contributed by atoms with Crippen LogP contribution in [0.4, 0.5) is 4.79 Å². The number of nitrogens with zero attached hydrogens (tertiary/aromatic N) is 1. The zero-order chi connectivity index (χ0) is 21.1. The maximum Gasteiger partial charge on any atom is 0.325 e. The Morgan fingerprint density at radius 2 is 1.73 bits per heavy atom. The first-order valence-corrected chi connectivity index (χ1v) is 9.87. The molecule has 2 heterocycles. The van der Waals surface area contributed by atoms with Gasteiger partial charge in [-0.25, -0.2) is 4.79 Å². The van der Waals surface area contributed by atoms with Crippen LogP contribution in [-0.2, 0) is 11.2 Å². The molecular formula is C22H24N2O6. The lowest BCUT2D eigenvalue weighted by molar-refractivity contribution is -0.131. The molecule has 8 nitrogen and oxygen atoms in total. The number of urea groups is 1. The minimum Gasteiger partial charge on any atom is -0.494 e. The molecule has 30 heavy (non-hydrogen) atoms. The fourth-order valence-electron chi connectivity index (χ4n) is 3.58. The third kappa shape index (κ3) is 3.98. The van der Waals surface area contributed by atoms with Crippen molar-refractivity contribution >= 4 is 11.9 Å². The second-order valence-corrected chi connectivity index (χ2v) is 7.34. The molecule has 2 aromatic carbocycles. The molecule has 8 heteroatoms. The molecule has 158 valence electrons. The number of nitrogens with one attached hydrogen (secondary N) is 1. The lowest BCUT2D eigenvalue weighted by Crippen LogP contribution is -2.46. The lowest BCUT2D eigenvalue weighted by Gasteiger charge is -2.22. The van der Waals surface area contributed by atoms with Crippen LogP contribution in [-0.4, -0.2) is 48.9 Å². The van der Waals surface area contributed by atoms with Crippen molar-refractivity contribution in [2.24, 2.45) is 0 Å². The Labute approximate surface area is 174 Å². The Morgan fingerprint density at radius 3 is 2.47 bits per heavy atom. The van der Waals surface area contributed by atoms with E-state index in [2.05, 4.69) is 5.32 Å². The van der Waals surface area contributed by atoms with Crippen molar-refractivity contribution in [2.45, 2.75) is 25.8 Å². The van der Waals surface area contributed by atoms with E-state index >= 15 is 0 Å². The van der Waals surface area contributed by atoms with Gasteiger partial charge in [0.15, 0.2) is 11.5 Å². The number of amides is 3. The van der Waals surface area contributed by atoms with Gasteiger partial charge in [0.05, 0.1) is 13.2 Å². The van der Waals surface area contributed by atoms with Crippen molar-refractivity contribution < 1.29 is 28.5 Å². The monoisotopic (exact) mass is 412 g/mol. The Bertz CT molecular complexity index is 945. The van der Waals surface area contributed by atoms with Gasteiger partial charge in [0.1, 0.15) is 23.6 Å². The fraction of sp³-hybridized carbons (Fsp3) is 0.364. The number of rotatable bonds is 8. The first-order valence-electron chi connectivity index (χ1n) is 9.87. The molecule has 0 unspecified atom stereocenters. The van der Waals surface area contributed by atoms with Gasteiger partial charge in [-0.3, -0.25) is 9.69 Å². The molecule has 1 fully saturated rings. The van der Waals surface area contributed by atoms with E-state index in [0.29, 0.717) is 30.3 Å². The molecule has 2 aliphatic rings. The third-order valence-electron chi connectivity index (χ3n) is 5.06. The summed E-state index contributed by atoms with van der Waals surface area (Å²) in [6.07, 6.45) is 0.352. The highest BCUT2D eigenvalue weighted by Gasteiger charge is 2.47. The van der Waals surface area contributed by atoms with Gasteiger partial charge >= 0.3 is 6.03 Å². The summed E-state index contributed by atoms with van der Waals surface area (Å²) in [5.41, 5.74) is -0.146. The normalized spacial score (nSPS) is 19.7. The molecule has 0 saturated carbocycles. The van der Waals surface area contributed by atoms with Crippen LogP contribution in [0.3, 0.4) is 0 Å². The average molecular weight is 412 g/mol. The van der Waals surface area contributed by atoms with Gasteiger partial charge < -0.3 is 24.3 Å². The Balaban J connectivity index is 1.35. The standard InChI is InChI=1S/C22H24N2O6/c1-3-27-16-5-7-17(8-6-16)28-11-10-24-20(25)22(2,23-21(24)26)13-15-4-9-18-19(12-15)30-14-29-18/h4-9,12H,3,10-11,13-14H2,1-2H3,(H,23,26)/t22-/m0/s1. The average Bonchev–Trinajstić information content (AvgIpc) is 3.27. The molecule has 1 saturated heterocycles. The number of fused-ring (bicyclic) bond motifs is 1. The van der Waals surface area contributed by atoms with Gasteiger partial charge in [-0.15, -0.1) is 0 Å². The lowest BCUT2D eigenvalue weighted by atomic mass is 9.92. The van der Waals surface area contributed by atoms with Gasteiger partial charge in [0.2, 0.25) is 6.79 Å². The van der Waals surface area contributed by atoms with Crippen LogP contribution < -0.4 is 24.3 Å². The third-order valence-corrected chi connectivity index (χ3v) is 5.06. The SMILES string of the molecule is CCOc1ccc(OCCN2C(=O)N[C@@](C)(Cc3ccc4c(c3)OCO4)C2=O)cc1. The number of carbonyl (C=O) groups is 2. The van der Waals surface area contributed by atoms with Gasteiger partial charge in [0, 0.05) is 6.42 Å². The van der Waals surface area contributed by atoms with E-state index in [1.165, 1.54) is 4.90 Å². The number of imide groups is 1. The molecule has 0 aromatic heterocycles. The summed E-state index contributed by atoms with van der Waals surface area (Å²) in [5.74, 6) is 2.46. The first-order chi connectivity index (χ1) is 14.5. The predicted octanol–water partition coefficient (Wildman–Crippen LogP) is 2.75. The van der Waals surface area contributed by atoms with Crippen LogP contribution in [0.15, 0.2) is 42.5 Å². The Morgan fingerprint density at radius 1 is 1.03 bits per heavy atom. The topological polar surface area (TPSA) is 86.3 Å². The fourth-order valence-corrected chi connectivity index (χ4v) is 3.58. The highest BCUT2D eigenvalue weighted by molar-refractivity contribution is 6.07. The minimum absolute atomic E-state index is 0.161. The number of carbonyl (C=O) groups excluding carboxylic acids is 2. The second-order valence-electron chi connectivity index (χ2n) is 7.34. The van der Waals surface area contributed by atoms with Crippen molar-refractivity contribution in [3.8, 4) is 23.0 Å². The molecule has 1 atom stereocenters. The van der Waals surface area contributed by atoms with E-state index in [-0.39, 0.29) is 25.9 Å². The second kappa shape index (κ2) is 8.14. The van der Waals surface area contributed by atoms with Gasteiger partial charge in [-0.2, -0.15) is 0 Å². The highest BCUT2D eigenvalue weighted by atomic mass is 16.7. The van der Waals surface area contributed by atoms with Crippen LogP contribution in [0.25, 0.3) is 0 Å². The zero-order valence-corrected chi connectivity index (χ0v) is 17.0. The summed E-state index contributed by atoms with van der Waals surface area (Å²) in [7, 11) is 0. The van der Waals surface area contributed by atoms with Crippen molar-refractivity contribution in [1.29, 1.82) is 0 Å². The van der Waals surface area contributed by atoms with Crippen LogP contribution in [0.5, 0.6) is 23.0 Å². The summed E-state index contributed by atoms with van der Waals surface area (Å²) >= 11 is 0. The number of ether oxygens (including phenoxy) is 4. The van der Waals surface area contributed by atoms with Gasteiger partial charge in [-0.05, 0) is 55.8 Å². The molecule has 4 rings (SSSR count). The summed E-state index contributed by atoms with van der Waals surface area (Å²) < 4.78 is 21.8. The zero-order valence-electron chi connectivity index (χ0n) is 17.0. The number of hydrogen-bond donors (Lipinski definition) is 1. The number of benzene rings is 2. The summed E-state index contributed by atoms with van der Waals surface area (Å²) in [6.45, 7) is 4.79. The van der Waals surface area contributed by atoms with E-state index in [0.717, 1.165) is 11.3 Å². The van der Waals surface area contributed by atoms with Gasteiger partial charge in [-0.1, -0.05) is 6.07 Å².